The SMILES string of the molecule is CC(C)CN1C(=O)c2ccc(C(=O)N3CCN(C(=O)COc4ccccc4)CC3)cc2C1=O. The van der Waals surface area contributed by atoms with Gasteiger partial charge in [0.2, 0.25) is 0 Å². The van der Waals surface area contributed by atoms with E-state index in [1.807, 2.05) is 32.0 Å². The maximum Gasteiger partial charge on any atom is 0.261 e. The highest BCUT2D eigenvalue weighted by atomic mass is 16.5. The molecule has 0 unspecified atom stereocenters. The van der Waals surface area contributed by atoms with Gasteiger partial charge in [-0.25, -0.2) is 0 Å². The first-order valence-electron chi connectivity index (χ1n) is 11.1. The van der Waals surface area contributed by atoms with Crippen LogP contribution in [0.2, 0.25) is 0 Å². The summed E-state index contributed by atoms with van der Waals surface area (Å²) >= 11 is 0. The second-order valence-electron chi connectivity index (χ2n) is 8.65. The lowest BCUT2D eigenvalue weighted by molar-refractivity contribution is -0.134. The van der Waals surface area contributed by atoms with E-state index in [0.717, 1.165) is 0 Å². The Morgan fingerprint density at radius 2 is 1.52 bits per heavy atom. The van der Waals surface area contributed by atoms with Crippen molar-refractivity contribution in [3.8, 4) is 5.75 Å². The van der Waals surface area contributed by atoms with Crippen LogP contribution >= 0.6 is 0 Å². The molecule has 2 aromatic rings. The van der Waals surface area contributed by atoms with Gasteiger partial charge in [0.05, 0.1) is 11.1 Å². The average molecular weight is 450 g/mol. The van der Waals surface area contributed by atoms with Crippen molar-refractivity contribution in [3.63, 3.8) is 0 Å². The summed E-state index contributed by atoms with van der Waals surface area (Å²) in [5.74, 6) is -0.216. The Morgan fingerprint density at radius 3 is 2.18 bits per heavy atom. The van der Waals surface area contributed by atoms with E-state index in [1.54, 1.807) is 34.1 Å². The molecular formula is C25H27N3O5. The topological polar surface area (TPSA) is 87.2 Å². The van der Waals surface area contributed by atoms with Crippen LogP contribution in [0.15, 0.2) is 48.5 Å². The summed E-state index contributed by atoms with van der Waals surface area (Å²) in [6.07, 6.45) is 0. The molecular weight excluding hydrogens is 422 g/mol. The summed E-state index contributed by atoms with van der Waals surface area (Å²) in [5, 5.41) is 0. The highest BCUT2D eigenvalue weighted by Crippen LogP contribution is 2.25. The average Bonchev–Trinajstić information content (AvgIpc) is 3.06. The first kappa shape index (κ1) is 22.5. The maximum absolute atomic E-state index is 13.0. The summed E-state index contributed by atoms with van der Waals surface area (Å²) < 4.78 is 5.52. The summed E-state index contributed by atoms with van der Waals surface area (Å²) in [6.45, 7) is 5.78. The van der Waals surface area contributed by atoms with Crippen molar-refractivity contribution < 1.29 is 23.9 Å². The normalized spacial score (nSPS) is 15.8. The number of carbonyl (C=O) groups excluding carboxylic acids is 4. The van der Waals surface area contributed by atoms with E-state index in [-0.39, 0.29) is 41.7 Å². The van der Waals surface area contributed by atoms with E-state index in [1.165, 1.54) is 11.0 Å². The van der Waals surface area contributed by atoms with Crippen molar-refractivity contribution in [1.82, 2.24) is 14.7 Å². The van der Waals surface area contributed by atoms with Crippen LogP contribution in [0.4, 0.5) is 0 Å². The Kier molecular flexibility index (Phi) is 6.44. The molecule has 1 saturated heterocycles. The molecule has 0 N–H and O–H groups in total. The molecule has 0 bridgehead atoms. The van der Waals surface area contributed by atoms with Gasteiger partial charge >= 0.3 is 0 Å². The minimum Gasteiger partial charge on any atom is -0.484 e. The number of rotatable bonds is 6. The number of hydrogen-bond donors (Lipinski definition) is 0. The number of benzene rings is 2. The lowest BCUT2D eigenvalue weighted by atomic mass is 10.0. The molecule has 0 saturated carbocycles. The highest BCUT2D eigenvalue weighted by Gasteiger charge is 2.36. The summed E-state index contributed by atoms with van der Waals surface area (Å²) in [7, 11) is 0. The van der Waals surface area contributed by atoms with Gasteiger partial charge in [0.15, 0.2) is 6.61 Å². The molecule has 1 fully saturated rings. The van der Waals surface area contributed by atoms with Gasteiger partial charge in [-0.15, -0.1) is 0 Å². The van der Waals surface area contributed by atoms with E-state index in [2.05, 4.69) is 0 Å². The van der Waals surface area contributed by atoms with E-state index >= 15 is 0 Å². The third-order valence-electron chi connectivity index (χ3n) is 5.79. The molecule has 0 spiro atoms. The zero-order valence-corrected chi connectivity index (χ0v) is 18.8. The monoisotopic (exact) mass is 449 g/mol. The Labute approximate surface area is 192 Å². The fourth-order valence-corrected chi connectivity index (χ4v) is 4.05. The number of nitrogens with zero attached hydrogens (tertiary/aromatic N) is 3. The molecule has 2 aromatic carbocycles. The van der Waals surface area contributed by atoms with Gasteiger partial charge in [0.25, 0.3) is 23.6 Å². The minimum atomic E-state index is -0.354. The van der Waals surface area contributed by atoms with Crippen molar-refractivity contribution in [2.45, 2.75) is 13.8 Å². The zero-order valence-electron chi connectivity index (χ0n) is 18.8. The highest BCUT2D eigenvalue weighted by molar-refractivity contribution is 6.22. The van der Waals surface area contributed by atoms with Crippen LogP contribution in [0.1, 0.15) is 44.9 Å². The fourth-order valence-electron chi connectivity index (χ4n) is 4.05. The summed E-state index contributed by atoms with van der Waals surface area (Å²) in [5.41, 5.74) is 0.984. The minimum absolute atomic E-state index is 0.0498. The number of piperazine rings is 1. The van der Waals surface area contributed by atoms with Crippen molar-refractivity contribution in [1.29, 1.82) is 0 Å². The van der Waals surface area contributed by atoms with Crippen molar-refractivity contribution in [2.24, 2.45) is 5.92 Å². The van der Waals surface area contributed by atoms with E-state index in [4.69, 9.17) is 4.74 Å². The molecule has 172 valence electrons. The van der Waals surface area contributed by atoms with E-state index in [0.29, 0.717) is 49.6 Å². The van der Waals surface area contributed by atoms with Gasteiger partial charge < -0.3 is 14.5 Å². The van der Waals surface area contributed by atoms with Gasteiger partial charge in [0.1, 0.15) is 5.75 Å². The molecule has 8 heteroatoms. The zero-order chi connectivity index (χ0) is 23.5. The van der Waals surface area contributed by atoms with Crippen LogP contribution in [0, 0.1) is 5.92 Å². The molecule has 8 nitrogen and oxygen atoms in total. The molecule has 2 aliphatic heterocycles. The summed E-state index contributed by atoms with van der Waals surface area (Å²) in [6, 6.07) is 13.8. The second kappa shape index (κ2) is 9.44. The molecule has 0 radical (unpaired) electrons. The Bertz CT molecular complexity index is 1070. The molecule has 0 atom stereocenters. The molecule has 0 aromatic heterocycles. The van der Waals surface area contributed by atoms with E-state index in [9.17, 15) is 19.2 Å². The third kappa shape index (κ3) is 4.74. The molecule has 4 amide bonds. The molecule has 4 rings (SSSR count). The van der Waals surface area contributed by atoms with Gasteiger partial charge in [0, 0.05) is 38.3 Å². The van der Waals surface area contributed by atoms with Gasteiger partial charge in [-0.2, -0.15) is 0 Å². The van der Waals surface area contributed by atoms with Crippen molar-refractivity contribution in [3.05, 3.63) is 65.2 Å². The molecule has 2 heterocycles. The number of hydrogen-bond acceptors (Lipinski definition) is 5. The predicted molar refractivity (Wildman–Crippen MR) is 121 cm³/mol. The number of fused-ring (bicyclic) bond motifs is 1. The second-order valence-corrected chi connectivity index (χ2v) is 8.65. The van der Waals surface area contributed by atoms with Crippen LogP contribution in [0.5, 0.6) is 5.75 Å². The number of ether oxygens (including phenoxy) is 1. The smallest absolute Gasteiger partial charge is 0.261 e. The quantitative estimate of drug-likeness (QED) is 0.632. The molecule has 33 heavy (non-hydrogen) atoms. The Balaban J connectivity index is 1.35. The maximum atomic E-state index is 13.0. The third-order valence-corrected chi connectivity index (χ3v) is 5.79. The lowest BCUT2D eigenvalue weighted by Gasteiger charge is -2.34. The summed E-state index contributed by atoms with van der Waals surface area (Å²) in [4.78, 5) is 55.3. The van der Waals surface area contributed by atoms with Crippen LogP contribution in [-0.2, 0) is 4.79 Å². The van der Waals surface area contributed by atoms with Crippen LogP contribution in [0.25, 0.3) is 0 Å². The lowest BCUT2D eigenvalue weighted by Crippen LogP contribution is -2.51. The fraction of sp³-hybridized carbons (Fsp3) is 0.360. The first-order chi connectivity index (χ1) is 15.8. The van der Waals surface area contributed by atoms with Crippen molar-refractivity contribution in [2.75, 3.05) is 39.3 Å². The number of amides is 4. The number of para-hydroxylation sites is 1. The number of carbonyl (C=O) groups is 4. The van der Waals surface area contributed by atoms with E-state index < -0.39 is 0 Å². The molecule has 0 aliphatic carbocycles. The Hall–Kier alpha value is -3.68. The van der Waals surface area contributed by atoms with Gasteiger partial charge in [-0.1, -0.05) is 32.0 Å². The van der Waals surface area contributed by atoms with Gasteiger partial charge in [-0.05, 0) is 36.2 Å². The van der Waals surface area contributed by atoms with Crippen LogP contribution in [-0.4, -0.2) is 77.7 Å². The molecule has 2 aliphatic rings. The van der Waals surface area contributed by atoms with Crippen LogP contribution in [0.3, 0.4) is 0 Å². The van der Waals surface area contributed by atoms with Crippen molar-refractivity contribution >= 4 is 23.6 Å². The standard InChI is InChI=1S/C25H27N3O5/c1-17(2)15-28-24(31)20-9-8-18(14-21(20)25(28)32)23(30)27-12-10-26(11-13-27)22(29)16-33-19-6-4-3-5-7-19/h3-9,14,17H,10-13,15-16H2,1-2H3. The largest absolute Gasteiger partial charge is 0.484 e. The van der Waals surface area contributed by atoms with Crippen LogP contribution < -0.4 is 4.74 Å². The first-order valence-corrected chi connectivity index (χ1v) is 11.1. The predicted octanol–water partition coefficient (Wildman–Crippen LogP) is 2.30. The van der Waals surface area contributed by atoms with Gasteiger partial charge in [-0.3, -0.25) is 24.1 Å². The Morgan fingerprint density at radius 1 is 0.879 bits per heavy atom. The number of imide groups is 1.